The van der Waals surface area contributed by atoms with Crippen LogP contribution in [0.2, 0.25) is 0 Å². The molecular formula is C17H30N2O4. The van der Waals surface area contributed by atoms with Crippen LogP contribution in [0.4, 0.5) is 0 Å². The van der Waals surface area contributed by atoms with Crippen LogP contribution in [0.15, 0.2) is 0 Å². The molecule has 2 amide bonds. The van der Waals surface area contributed by atoms with Crippen LogP contribution in [-0.4, -0.2) is 35.5 Å². The van der Waals surface area contributed by atoms with E-state index in [0.29, 0.717) is 25.7 Å². The van der Waals surface area contributed by atoms with Gasteiger partial charge in [-0.1, -0.05) is 13.8 Å². The minimum Gasteiger partial charge on any atom is -0.458 e. The zero-order valence-corrected chi connectivity index (χ0v) is 14.9. The topological polar surface area (TPSA) is 84.5 Å². The van der Waals surface area contributed by atoms with Gasteiger partial charge in [0.15, 0.2) is 0 Å². The molecular weight excluding hydrogens is 296 g/mol. The second kappa shape index (κ2) is 8.31. The fourth-order valence-electron chi connectivity index (χ4n) is 2.52. The fraction of sp³-hybridized carbons (Fsp3) is 0.824. The Labute approximate surface area is 138 Å². The van der Waals surface area contributed by atoms with Gasteiger partial charge >= 0.3 is 5.97 Å². The Morgan fingerprint density at radius 2 is 2.00 bits per heavy atom. The van der Waals surface area contributed by atoms with Crippen LogP contribution in [0.5, 0.6) is 0 Å². The molecule has 1 unspecified atom stereocenters. The highest BCUT2D eigenvalue weighted by Gasteiger charge is 2.28. The predicted molar refractivity (Wildman–Crippen MR) is 87.6 cm³/mol. The van der Waals surface area contributed by atoms with Gasteiger partial charge in [-0.15, -0.1) is 0 Å². The number of amides is 2. The minimum absolute atomic E-state index is 0.0434. The van der Waals surface area contributed by atoms with Gasteiger partial charge in [-0.2, -0.15) is 0 Å². The van der Waals surface area contributed by atoms with E-state index in [1.165, 1.54) is 0 Å². The lowest BCUT2D eigenvalue weighted by atomic mass is 10.0. The Bertz CT molecular complexity index is 440. The normalized spacial score (nSPS) is 19.4. The molecule has 0 radical (unpaired) electrons. The van der Waals surface area contributed by atoms with Gasteiger partial charge < -0.3 is 15.4 Å². The highest BCUT2D eigenvalue weighted by Crippen LogP contribution is 2.14. The fourth-order valence-corrected chi connectivity index (χ4v) is 2.52. The summed E-state index contributed by atoms with van der Waals surface area (Å²) in [5.74, 6) is -0.264. The Morgan fingerprint density at radius 3 is 2.48 bits per heavy atom. The first-order valence-electron chi connectivity index (χ1n) is 8.38. The molecule has 6 heteroatoms. The number of carbonyl (C=O) groups is 3. The average molecular weight is 326 g/mol. The lowest BCUT2D eigenvalue weighted by molar-refractivity contribution is -0.159. The van der Waals surface area contributed by atoms with Gasteiger partial charge in [-0.3, -0.25) is 9.59 Å². The molecule has 0 saturated carbocycles. The second-order valence-corrected chi connectivity index (χ2v) is 7.62. The van der Waals surface area contributed by atoms with Crippen molar-refractivity contribution in [1.29, 1.82) is 0 Å². The number of esters is 1. The summed E-state index contributed by atoms with van der Waals surface area (Å²) in [5, 5.41) is 5.62. The molecule has 1 heterocycles. The summed E-state index contributed by atoms with van der Waals surface area (Å²) in [7, 11) is 0. The van der Waals surface area contributed by atoms with Crippen LogP contribution in [0.25, 0.3) is 0 Å². The van der Waals surface area contributed by atoms with E-state index in [1.807, 2.05) is 34.6 Å². The molecule has 6 nitrogen and oxygen atoms in total. The number of hydrogen-bond donors (Lipinski definition) is 2. The summed E-state index contributed by atoms with van der Waals surface area (Å²) in [5.41, 5.74) is -0.578. The Balaban J connectivity index is 2.49. The third kappa shape index (κ3) is 8.00. The van der Waals surface area contributed by atoms with Gasteiger partial charge in [0.2, 0.25) is 11.8 Å². The number of hydrogen-bond acceptors (Lipinski definition) is 4. The first-order valence-corrected chi connectivity index (χ1v) is 8.38. The summed E-state index contributed by atoms with van der Waals surface area (Å²) in [4.78, 5) is 35.5. The van der Waals surface area contributed by atoms with Crippen molar-refractivity contribution in [2.75, 3.05) is 0 Å². The summed E-state index contributed by atoms with van der Waals surface area (Å²) in [6, 6.07) is -0.557. The van der Waals surface area contributed by atoms with E-state index in [1.54, 1.807) is 0 Å². The van der Waals surface area contributed by atoms with E-state index < -0.39 is 17.6 Å². The van der Waals surface area contributed by atoms with Crippen molar-refractivity contribution >= 4 is 17.8 Å². The van der Waals surface area contributed by atoms with Gasteiger partial charge in [-0.05, 0) is 46.0 Å². The molecule has 2 atom stereocenters. The van der Waals surface area contributed by atoms with Crippen molar-refractivity contribution in [3.63, 3.8) is 0 Å². The van der Waals surface area contributed by atoms with Crippen molar-refractivity contribution < 1.29 is 19.1 Å². The molecule has 0 aliphatic carbocycles. The number of carbonyl (C=O) groups excluding carboxylic acids is 3. The van der Waals surface area contributed by atoms with Crippen LogP contribution in [-0.2, 0) is 19.1 Å². The molecule has 1 fully saturated rings. The van der Waals surface area contributed by atoms with Crippen molar-refractivity contribution in [1.82, 2.24) is 10.6 Å². The monoisotopic (exact) mass is 326 g/mol. The van der Waals surface area contributed by atoms with Gasteiger partial charge in [-0.25, -0.2) is 4.79 Å². The maximum absolute atomic E-state index is 12.2. The molecule has 132 valence electrons. The molecule has 2 N–H and O–H groups in total. The molecule has 0 spiro atoms. The van der Waals surface area contributed by atoms with Gasteiger partial charge in [0.1, 0.15) is 11.6 Å². The Kier molecular flexibility index (Phi) is 7.03. The Hall–Kier alpha value is -1.59. The van der Waals surface area contributed by atoms with Crippen molar-refractivity contribution in [3.8, 4) is 0 Å². The Morgan fingerprint density at radius 1 is 1.35 bits per heavy atom. The van der Waals surface area contributed by atoms with Crippen LogP contribution in [0.1, 0.15) is 66.7 Å². The van der Waals surface area contributed by atoms with Crippen LogP contribution < -0.4 is 10.6 Å². The summed E-state index contributed by atoms with van der Waals surface area (Å²) >= 11 is 0. The van der Waals surface area contributed by atoms with E-state index in [0.717, 1.165) is 6.42 Å². The van der Waals surface area contributed by atoms with Gasteiger partial charge in [0.05, 0.1) is 0 Å². The molecule has 1 aliphatic heterocycles. The predicted octanol–water partition coefficient (Wildman–Crippen LogP) is 1.92. The van der Waals surface area contributed by atoms with Gasteiger partial charge in [0.25, 0.3) is 0 Å². The molecule has 23 heavy (non-hydrogen) atoms. The van der Waals surface area contributed by atoms with E-state index in [2.05, 4.69) is 10.6 Å². The highest BCUT2D eigenvalue weighted by molar-refractivity contribution is 5.84. The van der Waals surface area contributed by atoms with Crippen LogP contribution in [0.3, 0.4) is 0 Å². The quantitative estimate of drug-likeness (QED) is 0.700. The third-order valence-corrected chi connectivity index (χ3v) is 3.54. The zero-order valence-electron chi connectivity index (χ0n) is 14.9. The largest absolute Gasteiger partial charge is 0.458 e. The first kappa shape index (κ1) is 19.5. The number of rotatable bonds is 7. The first-order chi connectivity index (χ1) is 10.6. The van der Waals surface area contributed by atoms with Crippen LogP contribution >= 0.6 is 0 Å². The maximum atomic E-state index is 12.2. The van der Waals surface area contributed by atoms with Crippen molar-refractivity contribution in [2.45, 2.75) is 84.4 Å². The van der Waals surface area contributed by atoms with E-state index in [-0.39, 0.29) is 23.8 Å². The smallest absolute Gasteiger partial charge is 0.329 e. The summed E-state index contributed by atoms with van der Waals surface area (Å²) in [6.07, 6.45) is 2.73. The number of ether oxygens (including phenoxy) is 1. The van der Waals surface area contributed by atoms with E-state index >= 15 is 0 Å². The maximum Gasteiger partial charge on any atom is 0.329 e. The van der Waals surface area contributed by atoms with Gasteiger partial charge in [0, 0.05) is 18.9 Å². The van der Waals surface area contributed by atoms with Crippen molar-refractivity contribution in [3.05, 3.63) is 0 Å². The summed E-state index contributed by atoms with van der Waals surface area (Å²) in [6.45, 7) is 9.42. The standard InChI is InChI=1S/C17H30N2O4/c1-11(2)10-13(16(22)23-17(3,4)5)19-15(21)9-7-12-6-8-14(20)18-12/h11-13H,6-10H2,1-5H3,(H,18,20)(H,19,21)/t12?,13-/m0/s1. The molecule has 0 bridgehead atoms. The lowest BCUT2D eigenvalue weighted by Crippen LogP contribution is -2.45. The third-order valence-electron chi connectivity index (χ3n) is 3.54. The SMILES string of the molecule is CC(C)C[C@H](NC(=O)CCC1CCC(=O)N1)C(=O)OC(C)(C)C. The van der Waals surface area contributed by atoms with Crippen molar-refractivity contribution in [2.24, 2.45) is 5.92 Å². The molecule has 1 saturated heterocycles. The van der Waals surface area contributed by atoms with E-state index in [9.17, 15) is 14.4 Å². The molecule has 0 aromatic heterocycles. The summed E-state index contributed by atoms with van der Waals surface area (Å²) < 4.78 is 5.38. The molecule has 1 aliphatic rings. The highest BCUT2D eigenvalue weighted by atomic mass is 16.6. The van der Waals surface area contributed by atoms with Crippen LogP contribution in [0, 0.1) is 5.92 Å². The minimum atomic E-state index is -0.625. The molecule has 0 aromatic carbocycles. The van der Waals surface area contributed by atoms with E-state index in [4.69, 9.17) is 4.74 Å². The molecule has 0 aromatic rings. The second-order valence-electron chi connectivity index (χ2n) is 7.62. The molecule has 1 rings (SSSR count). The zero-order chi connectivity index (χ0) is 17.6. The number of nitrogens with one attached hydrogen (secondary N) is 2. The lowest BCUT2D eigenvalue weighted by Gasteiger charge is -2.25. The average Bonchev–Trinajstić information content (AvgIpc) is 2.79.